The van der Waals surface area contributed by atoms with E-state index in [0.717, 1.165) is 24.2 Å². The summed E-state index contributed by atoms with van der Waals surface area (Å²) in [6.07, 6.45) is 1.71. The zero-order valence-corrected chi connectivity index (χ0v) is 14.7. The number of methoxy groups -OCH3 is 1. The van der Waals surface area contributed by atoms with Crippen LogP contribution in [0, 0.1) is 0 Å². The molecule has 2 aromatic carbocycles. The Morgan fingerprint density at radius 1 is 1.12 bits per heavy atom. The first-order valence-electron chi connectivity index (χ1n) is 7.96. The van der Waals surface area contributed by atoms with Gasteiger partial charge in [0.05, 0.1) is 12.0 Å². The van der Waals surface area contributed by atoms with E-state index < -0.39 is 15.9 Å². The highest BCUT2D eigenvalue weighted by Gasteiger charge is 2.38. The van der Waals surface area contributed by atoms with Gasteiger partial charge in [0.1, 0.15) is 5.75 Å². The van der Waals surface area contributed by atoms with E-state index in [0.29, 0.717) is 6.54 Å². The Labute approximate surface area is 147 Å². The van der Waals surface area contributed by atoms with Crippen LogP contribution >= 0.6 is 0 Å². The molecule has 0 saturated heterocycles. The molecule has 0 aliphatic heterocycles. The van der Waals surface area contributed by atoms with Gasteiger partial charge in [-0.05, 0) is 54.8 Å². The zero-order valence-electron chi connectivity index (χ0n) is 13.9. The fourth-order valence-corrected chi connectivity index (χ4v) is 4.28. The molecule has 1 fully saturated rings. The van der Waals surface area contributed by atoms with Crippen LogP contribution in [-0.2, 0) is 16.6 Å². The van der Waals surface area contributed by atoms with Gasteiger partial charge in [0.15, 0.2) is 0 Å². The molecule has 1 amide bonds. The van der Waals surface area contributed by atoms with Gasteiger partial charge in [0.25, 0.3) is 0 Å². The number of rotatable bonds is 7. The van der Waals surface area contributed by atoms with Crippen molar-refractivity contribution < 1.29 is 17.9 Å². The number of benzene rings is 2. The number of amides is 1. The molecule has 6 nitrogen and oxygen atoms in total. The standard InChI is InChI=1S/C18H20N2O4S/c1-24-16-8-2-13(3-9-16)12-20(15-6-7-15)25(22,23)17-10-4-14(5-11-17)18(19)21/h2-5,8-11,15H,6-7,12H2,1H3,(H2,19,21). The molecule has 0 radical (unpaired) electrons. The minimum Gasteiger partial charge on any atom is -0.497 e. The molecule has 1 saturated carbocycles. The molecule has 0 spiro atoms. The second-order valence-electron chi connectivity index (χ2n) is 6.02. The highest BCUT2D eigenvalue weighted by atomic mass is 32.2. The van der Waals surface area contributed by atoms with E-state index >= 15 is 0 Å². The van der Waals surface area contributed by atoms with E-state index in [-0.39, 0.29) is 16.5 Å². The number of carbonyl (C=O) groups is 1. The molecule has 7 heteroatoms. The van der Waals surface area contributed by atoms with Gasteiger partial charge in [-0.3, -0.25) is 4.79 Å². The van der Waals surface area contributed by atoms with E-state index in [2.05, 4.69) is 0 Å². The highest BCUT2D eigenvalue weighted by Crippen LogP contribution is 2.33. The third-order valence-corrected chi connectivity index (χ3v) is 6.11. The van der Waals surface area contributed by atoms with Crippen molar-refractivity contribution in [2.24, 2.45) is 5.73 Å². The van der Waals surface area contributed by atoms with Crippen molar-refractivity contribution in [2.45, 2.75) is 30.3 Å². The molecular formula is C18H20N2O4S. The summed E-state index contributed by atoms with van der Waals surface area (Å²) in [7, 11) is -2.06. The van der Waals surface area contributed by atoms with Gasteiger partial charge in [0.2, 0.25) is 15.9 Å². The average molecular weight is 360 g/mol. The maximum atomic E-state index is 13.0. The molecular weight excluding hydrogens is 340 g/mol. The lowest BCUT2D eigenvalue weighted by Crippen LogP contribution is -2.32. The lowest BCUT2D eigenvalue weighted by Gasteiger charge is -2.22. The van der Waals surface area contributed by atoms with Crippen molar-refractivity contribution in [3.63, 3.8) is 0 Å². The maximum Gasteiger partial charge on any atom is 0.248 e. The largest absolute Gasteiger partial charge is 0.497 e. The summed E-state index contributed by atoms with van der Waals surface area (Å²) in [6.45, 7) is 0.300. The molecule has 25 heavy (non-hydrogen) atoms. The van der Waals surface area contributed by atoms with E-state index in [1.54, 1.807) is 7.11 Å². The van der Waals surface area contributed by atoms with Gasteiger partial charge in [-0.1, -0.05) is 12.1 Å². The number of sulfonamides is 1. The monoisotopic (exact) mass is 360 g/mol. The van der Waals surface area contributed by atoms with Gasteiger partial charge in [0, 0.05) is 18.2 Å². The second-order valence-corrected chi connectivity index (χ2v) is 7.91. The van der Waals surface area contributed by atoms with Gasteiger partial charge in [-0.25, -0.2) is 8.42 Å². The molecule has 3 rings (SSSR count). The minimum absolute atomic E-state index is 0.0166. The number of hydrogen-bond acceptors (Lipinski definition) is 4. The summed E-state index contributed by atoms with van der Waals surface area (Å²) < 4.78 is 32.7. The van der Waals surface area contributed by atoms with Gasteiger partial charge >= 0.3 is 0 Å². The molecule has 0 aromatic heterocycles. The Morgan fingerprint density at radius 3 is 2.20 bits per heavy atom. The maximum absolute atomic E-state index is 13.0. The van der Waals surface area contributed by atoms with Crippen LogP contribution in [0.1, 0.15) is 28.8 Å². The summed E-state index contributed by atoms with van der Waals surface area (Å²) >= 11 is 0. The Kier molecular flexibility index (Phi) is 4.78. The van der Waals surface area contributed by atoms with Crippen LogP contribution in [0.5, 0.6) is 5.75 Å². The van der Waals surface area contributed by atoms with Crippen LogP contribution in [0.25, 0.3) is 0 Å². The predicted octanol–water partition coefficient (Wildman–Crippen LogP) is 2.15. The smallest absolute Gasteiger partial charge is 0.248 e. The topological polar surface area (TPSA) is 89.7 Å². The van der Waals surface area contributed by atoms with Crippen LogP contribution in [0.15, 0.2) is 53.4 Å². The summed E-state index contributed by atoms with van der Waals surface area (Å²) in [5.74, 6) is 0.146. The molecule has 0 heterocycles. The van der Waals surface area contributed by atoms with E-state index in [9.17, 15) is 13.2 Å². The van der Waals surface area contributed by atoms with E-state index in [1.807, 2.05) is 24.3 Å². The quantitative estimate of drug-likeness (QED) is 0.819. The Morgan fingerprint density at radius 2 is 1.72 bits per heavy atom. The lowest BCUT2D eigenvalue weighted by atomic mass is 10.2. The van der Waals surface area contributed by atoms with E-state index in [4.69, 9.17) is 10.5 Å². The van der Waals surface area contributed by atoms with Crippen LogP contribution in [-0.4, -0.2) is 31.8 Å². The fraction of sp³-hybridized carbons (Fsp3) is 0.278. The Balaban J connectivity index is 1.86. The van der Waals surface area contributed by atoms with Crippen molar-refractivity contribution in [1.29, 1.82) is 0 Å². The normalized spacial score (nSPS) is 14.5. The summed E-state index contributed by atoms with van der Waals surface area (Å²) in [5, 5.41) is 0. The first kappa shape index (κ1) is 17.4. The highest BCUT2D eigenvalue weighted by molar-refractivity contribution is 7.89. The van der Waals surface area contributed by atoms with Crippen LogP contribution in [0.4, 0.5) is 0 Å². The number of ether oxygens (including phenoxy) is 1. The van der Waals surface area contributed by atoms with Crippen LogP contribution in [0.3, 0.4) is 0 Å². The average Bonchev–Trinajstić information content (AvgIpc) is 3.45. The molecule has 1 aliphatic carbocycles. The number of hydrogen-bond donors (Lipinski definition) is 1. The van der Waals surface area contributed by atoms with Crippen LogP contribution in [0.2, 0.25) is 0 Å². The number of nitrogens with zero attached hydrogens (tertiary/aromatic N) is 1. The van der Waals surface area contributed by atoms with Gasteiger partial charge in [-0.2, -0.15) is 4.31 Å². The first-order chi connectivity index (χ1) is 11.9. The van der Waals surface area contributed by atoms with Crippen molar-refractivity contribution in [1.82, 2.24) is 4.31 Å². The molecule has 2 N–H and O–H groups in total. The first-order valence-corrected chi connectivity index (χ1v) is 9.40. The van der Waals surface area contributed by atoms with Crippen molar-refractivity contribution in [2.75, 3.05) is 7.11 Å². The molecule has 0 bridgehead atoms. The predicted molar refractivity (Wildman–Crippen MR) is 93.7 cm³/mol. The van der Waals surface area contributed by atoms with Crippen molar-refractivity contribution in [3.05, 3.63) is 59.7 Å². The second kappa shape index (κ2) is 6.85. The fourth-order valence-electron chi connectivity index (χ4n) is 2.61. The van der Waals surface area contributed by atoms with Crippen molar-refractivity contribution >= 4 is 15.9 Å². The SMILES string of the molecule is COc1ccc(CN(C2CC2)S(=O)(=O)c2ccc(C(N)=O)cc2)cc1. The third kappa shape index (κ3) is 3.83. The third-order valence-electron chi connectivity index (χ3n) is 4.20. The molecule has 132 valence electrons. The minimum atomic E-state index is -3.64. The molecule has 1 aliphatic rings. The molecule has 2 aromatic rings. The summed E-state index contributed by atoms with van der Waals surface area (Å²) in [6, 6.07) is 13.1. The summed E-state index contributed by atoms with van der Waals surface area (Å²) in [4.78, 5) is 11.3. The Bertz CT molecular complexity index is 857. The lowest BCUT2D eigenvalue weighted by molar-refractivity contribution is 0.1000. The number of carbonyl (C=O) groups excluding carboxylic acids is 1. The molecule has 0 atom stereocenters. The van der Waals surface area contributed by atoms with Crippen molar-refractivity contribution in [3.8, 4) is 5.75 Å². The van der Waals surface area contributed by atoms with E-state index in [1.165, 1.54) is 28.6 Å². The number of primary amides is 1. The van der Waals surface area contributed by atoms with Crippen LogP contribution < -0.4 is 10.5 Å². The zero-order chi connectivity index (χ0) is 18.0. The molecule has 0 unspecified atom stereocenters. The summed E-state index contributed by atoms with van der Waals surface area (Å²) in [5.41, 5.74) is 6.39. The van der Waals surface area contributed by atoms with Gasteiger partial charge < -0.3 is 10.5 Å². The Hall–Kier alpha value is -2.38. The van der Waals surface area contributed by atoms with Gasteiger partial charge in [-0.15, -0.1) is 0 Å². The number of nitrogens with two attached hydrogens (primary N) is 1.